The highest BCUT2D eigenvalue weighted by Gasteiger charge is 2.26. The minimum absolute atomic E-state index is 0.195. The van der Waals surface area contributed by atoms with Crippen LogP contribution in [0.25, 0.3) is 33.1 Å². The zero-order chi connectivity index (χ0) is 27.5. The number of ketones is 1. The summed E-state index contributed by atoms with van der Waals surface area (Å²) in [5.41, 5.74) is 3.12. The predicted octanol–water partition coefficient (Wildman–Crippen LogP) is 6.24. The van der Waals surface area contributed by atoms with Crippen molar-refractivity contribution in [2.45, 2.75) is 19.8 Å². The van der Waals surface area contributed by atoms with Gasteiger partial charge in [0.15, 0.2) is 5.76 Å². The van der Waals surface area contributed by atoms with Gasteiger partial charge in [0.05, 0.1) is 25.2 Å². The number of rotatable bonds is 9. The van der Waals surface area contributed by atoms with Gasteiger partial charge < -0.3 is 18.3 Å². The van der Waals surface area contributed by atoms with Crippen molar-refractivity contribution in [3.05, 3.63) is 100 Å². The Balaban J connectivity index is 1.30. The number of morpholine rings is 1. The number of fused-ring (bicyclic) bond motifs is 3. The molecular weight excluding hydrogens is 506 g/mol. The van der Waals surface area contributed by atoms with Crippen LogP contribution in [0.3, 0.4) is 0 Å². The third-order valence-electron chi connectivity index (χ3n) is 7.38. The van der Waals surface area contributed by atoms with Crippen molar-refractivity contribution in [1.82, 2.24) is 4.90 Å². The number of ether oxygens (including phenoxy) is 2. The summed E-state index contributed by atoms with van der Waals surface area (Å²) in [6.07, 6.45) is 1.97. The standard InChI is InChI=1S/C33H31NO6/c1-22-20-28(35)40-32-26(22)12-13-27-30(32)29(23-8-3-2-4-9-23)33(39-27)31(36)24-10-7-11-25(21-24)38-17-6-5-14-34-15-18-37-19-16-34/h2-4,7-13,20-21H,5-6,14-19H2,1H3. The average molecular weight is 538 g/mol. The number of nitrogens with zero attached hydrogens (tertiary/aromatic N) is 1. The van der Waals surface area contributed by atoms with Crippen LogP contribution in [-0.4, -0.2) is 50.1 Å². The third-order valence-corrected chi connectivity index (χ3v) is 7.38. The normalized spacial score (nSPS) is 14.1. The van der Waals surface area contributed by atoms with Gasteiger partial charge in [0.2, 0.25) is 5.78 Å². The van der Waals surface area contributed by atoms with E-state index < -0.39 is 5.63 Å². The van der Waals surface area contributed by atoms with Crippen LogP contribution in [0.15, 0.2) is 86.4 Å². The van der Waals surface area contributed by atoms with Crippen LogP contribution < -0.4 is 10.4 Å². The van der Waals surface area contributed by atoms with Crippen molar-refractivity contribution in [3.8, 4) is 16.9 Å². The SMILES string of the molecule is Cc1cc(=O)oc2c1ccc1oc(C(=O)c3cccc(OCCCCN4CCOCC4)c3)c(-c3ccccc3)c12. The maximum Gasteiger partial charge on any atom is 0.336 e. The van der Waals surface area contributed by atoms with E-state index in [0.29, 0.717) is 40.0 Å². The van der Waals surface area contributed by atoms with Gasteiger partial charge in [-0.3, -0.25) is 9.69 Å². The summed E-state index contributed by atoms with van der Waals surface area (Å²) in [7, 11) is 0. The summed E-state index contributed by atoms with van der Waals surface area (Å²) in [6.45, 7) is 7.06. The number of furan rings is 1. The van der Waals surface area contributed by atoms with E-state index in [0.717, 1.165) is 62.2 Å². The molecule has 3 heterocycles. The quantitative estimate of drug-likeness (QED) is 0.125. The van der Waals surface area contributed by atoms with E-state index in [-0.39, 0.29) is 11.5 Å². The monoisotopic (exact) mass is 537 g/mol. The molecule has 0 aliphatic carbocycles. The summed E-state index contributed by atoms with van der Waals surface area (Å²) < 4.78 is 23.3. The molecule has 1 aliphatic heterocycles. The first-order valence-electron chi connectivity index (χ1n) is 13.7. The van der Waals surface area contributed by atoms with Gasteiger partial charge >= 0.3 is 5.63 Å². The lowest BCUT2D eigenvalue weighted by Crippen LogP contribution is -2.36. The molecule has 7 heteroatoms. The molecule has 6 rings (SSSR count). The second-order valence-corrected chi connectivity index (χ2v) is 10.1. The Morgan fingerprint density at radius 2 is 1.75 bits per heavy atom. The highest BCUT2D eigenvalue weighted by atomic mass is 16.5. The zero-order valence-corrected chi connectivity index (χ0v) is 22.5. The Bertz CT molecular complexity index is 1710. The molecular formula is C33H31NO6. The van der Waals surface area contributed by atoms with E-state index in [4.69, 9.17) is 18.3 Å². The largest absolute Gasteiger partial charge is 0.494 e. The van der Waals surface area contributed by atoms with Crippen LogP contribution in [-0.2, 0) is 4.74 Å². The second-order valence-electron chi connectivity index (χ2n) is 10.1. The minimum Gasteiger partial charge on any atom is -0.494 e. The van der Waals surface area contributed by atoms with Crippen LogP contribution in [0, 0.1) is 6.92 Å². The fraction of sp³-hybridized carbons (Fsp3) is 0.273. The molecule has 1 saturated heterocycles. The van der Waals surface area contributed by atoms with Crippen molar-refractivity contribution in [3.63, 3.8) is 0 Å². The van der Waals surface area contributed by atoms with Crippen molar-refractivity contribution < 1.29 is 23.1 Å². The van der Waals surface area contributed by atoms with Crippen LogP contribution in [0.4, 0.5) is 0 Å². The van der Waals surface area contributed by atoms with Crippen molar-refractivity contribution >= 4 is 27.7 Å². The molecule has 0 spiro atoms. The highest BCUT2D eigenvalue weighted by molar-refractivity contribution is 6.20. The zero-order valence-electron chi connectivity index (χ0n) is 22.5. The molecule has 40 heavy (non-hydrogen) atoms. The van der Waals surface area contributed by atoms with Gasteiger partial charge in [-0.2, -0.15) is 0 Å². The topological polar surface area (TPSA) is 82.1 Å². The lowest BCUT2D eigenvalue weighted by molar-refractivity contribution is 0.0368. The molecule has 0 radical (unpaired) electrons. The Hall–Kier alpha value is -4.20. The van der Waals surface area contributed by atoms with Gasteiger partial charge in [0, 0.05) is 35.7 Å². The number of hydrogen-bond donors (Lipinski definition) is 0. The predicted molar refractivity (Wildman–Crippen MR) is 154 cm³/mol. The number of benzene rings is 3. The van der Waals surface area contributed by atoms with Crippen LogP contribution in [0.2, 0.25) is 0 Å². The van der Waals surface area contributed by atoms with Crippen LogP contribution in [0.1, 0.15) is 34.5 Å². The summed E-state index contributed by atoms with van der Waals surface area (Å²) in [5.74, 6) is 0.568. The molecule has 0 N–H and O–H groups in total. The van der Waals surface area contributed by atoms with Crippen LogP contribution >= 0.6 is 0 Å². The lowest BCUT2D eigenvalue weighted by atomic mass is 9.96. The Kier molecular flexibility index (Phi) is 7.49. The first kappa shape index (κ1) is 26.0. The van der Waals surface area contributed by atoms with Gasteiger partial charge in [-0.15, -0.1) is 0 Å². The molecule has 5 aromatic rings. The fourth-order valence-electron chi connectivity index (χ4n) is 5.31. The molecule has 1 aliphatic rings. The first-order chi connectivity index (χ1) is 19.6. The highest BCUT2D eigenvalue weighted by Crippen LogP contribution is 2.40. The molecule has 3 aromatic carbocycles. The van der Waals surface area contributed by atoms with E-state index in [1.165, 1.54) is 6.07 Å². The number of aryl methyl sites for hydroxylation is 1. The molecule has 7 nitrogen and oxygen atoms in total. The van der Waals surface area contributed by atoms with Gasteiger partial charge in [-0.05, 0) is 61.7 Å². The molecule has 0 unspecified atom stereocenters. The van der Waals surface area contributed by atoms with Crippen molar-refractivity contribution in [1.29, 1.82) is 0 Å². The fourth-order valence-corrected chi connectivity index (χ4v) is 5.31. The van der Waals surface area contributed by atoms with Gasteiger partial charge in [0.1, 0.15) is 16.9 Å². The minimum atomic E-state index is -0.444. The van der Waals surface area contributed by atoms with E-state index in [9.17, 15) is 9.59 Å². The van der Waals surface area contributed by atoms with Crippen molar-refractivity contribution in [2.75, 3.05) is 39.5 Å². The summed E-state index contributed by atoms with van der Waals surface area (Å²) >= 11 is 0. The number of carbonyl (C=O) groups is 1. The van der Waals surface area contributed by atoms with E-state index in [1.807, 2.05) is 61.5 Å². The molecule has 0 atom stereocenters. The number of unbranched alkanes of at least 4 members (excludes halogenated alkanes) is 1. The second kappa shape index (κ2) is 11.5. The van der Waals surface area contributed by atoms with E-state index in [1.54, 1.807) is 12.1 Å². The summed E-state index contributed by atoms with van der Waals surface area (Å²) in [4.78, 5) is 28.7. The molecule has 0 bridgehead atoms. The molecule has 1 fully saturated rings. The number of carbonyl (C=O) groups excluding carboxylic acids is 1. The molecule has 2 aromatic heterocycles. The smallest absolute Gasteiger partial charge is 0.336 e. The number of hydrogen-bond acceptors (Lipinski definition) is 7. The van der Waals surface area contributed by atoms with Gasteiger partial charge in [-0.25, -0.2) is 4.79 Å². The molecule has 0 amide bonds. The first-order valence-corrected chi connectivity index (χ1v) is 13.7. The third kappa shape index (κ3) is 5.30. The maximum atomic E-state index is 13.9. The van der Waals surface area contributed by atoms with Crippen molar-refractivity contribution in [2.24, 2.45) is 0 Å². The summed E-state index contributed by atoms with van der Waals surface area (Å²) in [6, 6.07) is 21.9. The lowest BCUT2D eigenvalue weighted by Gasteiger charge is -2.26. The average Bonchev–Trinajstić information content (AvgIpc) is 3.38. The Morgan fingerprint density at radius 3 is 2.58 bits per heavy atom. The Labute approximate surface area is 231 Å². The van der Waals surface area contributed by atoms with E-state index >= 15 is 0 Å². The summed E-state index contributed by atoms with van der Waals surface area (Å²) in [5, 5.41) is 1.41. The van der Waals surface area contributed by atoms with Gasteiger partial charge in [-0.1, -0.05) is 42.5 Å². The van der Waals surface area contributed by atoms with Gasteiger partial charge in [0.25, 0.3) is 0 Å². The maximum absolute atomic E-state index is 13.9. The van der Waals surface area contributed by atoms with E-state index in [2.05, 4.69) is 4.90 Å². The Morgan fingerprint density at radius 1 is 0.925 bits per heavy atom. The molecule has 0 saturated carbocycles. The molecule has 204 valence electrons. The van der Waals surface area contributed by atoms with Crippen LogP contribution in [0.5, 0.6) is 5.75 Å².